The van der Waals surface area contributed by atoms with Crippen molar-refractivity contribution in [1.82, 2.24) is 5.32 Å². The number of hydrogen-bond donors (Lipinski definition) is 1. The fourth-order valence-electron chi connectivity index (χ4n) is 0.840. The van der Waals surface area contributed by atoms with Crippen molar-refractivity contribution in [2.45, 2.75) is 25.8 Å². The molecule has 8 heavy (non-hydrogen) atoms. The molecule has 1 unspecified atom stereocenters. The van der Waals surface area contributed by atoms with Gasteiger partial charge in [0.05, 0.1) is 0 Å². The molecule has 0 saturated heterocycles. The summed E-state index contributed by atoms with van der Waals surface area (Å²) < 4.78 is 0. The van der Waals surface area contributed by atoms with E-state index in [0.29, 0.717) is 6.04 Å². The summed E-state index contributed by atoms with van der Waals surface area (Å²) in [5.41, 5.74) is 0. The Balaban J connectivity index is 2.12. The molecule has 1 N–H and O–H groups in total. The molecule has 0 bridgehead atoms. The van der Waals surface area contributed by atoms with Gasteiger partial charge < -0.3 is 5.32 Å². The maximum absolute atomic E-state index is 9.84. The topological polar surface area (TPSA) is 29.1 Å². The van der Waals surface area contributed by atoms with E-state index in [1.807, 2.05) is 6.92 Å². The Morgan fingerprint density at radius 1 is 1.75 bits per heavy atom. The first-order chi connectivity index (χ1) is 3.84. The second-order valence-corrected chi connectivity index (χ2v) is 2.41. The van der Waals surface area contributed by atoms with Crippen LogP contribution >= 0.6 is 0 Å². The molecule has 0 aromatic heterocycles. The lowest BCUT2D eigenvalue weighted by atomic mass is 10.2. The smallest absolute Gasteiger partial charge is 0.207 e. The monoisotopic (exact) mass is 113 g/mol. The Hall–Kier alpha value is -0.530. The zero-order valence-corrected chi connectivity index (χ0v) is 5.05. The second-order valence-electron chi connectivity index (χ2n) is 2.41. The van der Waals surface area contributed by atoms with Crippen LogP contribution in [0.5, 0.6) is 0 Å². The maximum Gasteiger partial charge on any atom is 0.207 e. The van der Waals surface area contributed by atoms with Crippen LogP contribution in [0.15, 0.2) is 0 Å². The lowest BCUT2D eigenvalue weighted by Crippen LogP contribution is -2.25. The molecule has 2 nitrogen and oxygen atoms in total. The van der Waals surface area contributed by atoms with Crippen LogP contribution in [-0.2, 0) is 4.79 Å². The van der Waals surface area contributed by atoms with Crippen molar-refractivity contribution < 1.29 is 4.79 Å². The minimum absolute atomic E-state index is 0.410. The van der Waals surface area contributed by atoms with Crippen LogP contribution in [0.4, 0.5) is 0 Å². The standard InChI is InChI=1S/C6H11NO/c1-5(7-4-8)6-2-3-6/h4-6H,2-3H2,1H3,(H,7,8). The van der Waals surface area contributed by atoms with Gasteiger partial charge in [0.25, 0.3) is 0 Å². The normalized spacial score (nSPS) is 22.1. The molecule has 1 atom stereocenters. The largest absolute Gasteiger partial charge is 0.356 e. The molecular weight excluding hydrogens is 102 g/mol. The van der Waals surface area contributed by atoms with E-state index in [2.05, 4.69) is 5.32 Å². The summed E-state index contributed by atoms with van der Waals surface area (Å²) in [5.74, 6) is 0.778. The van der Waals surface area contributed by atoms with Gasteiger partial charge >= 0.3 is 0 Å². The van der Waals surface area contributed by atoms with Crippen molar-refractivity contribution in [1.29, 1.82) is 0 Å². The number of nitrogens with one attached hydrogen (secondary N) is 1. The van der Waals surface area contributed by atoms with E-state index in [-0.39, 0.29) is 0 Å². The Morgan fingerprint density at radius 3 is 2.75 bits per heavy atom. The average Bonchev–Trinajstić information content (AvgIpc) is 2.45. The minimum Gasteiger partial charge on any atom is -0.356 e. The Bertz CT molecular complexity index is 88.5. The molecule has 1 amide bonds. The molecular formula is C6H11NO. The molecule has 0 aromatic carbocycles. The number of rotatable bonds is 3. The molecule has 1 fully saturated rings. The van der Waals surface area contributed by atoms with Gasteiger partial charge in [0.2, 0.25) is 6.41 Å². The molecule has 2 heteroatoms. The van der Waals surface area contributed by atoms with E-state index < -0.39 is 0 Å². The first-order valence-corrected chi connectivity index (χ1v) is 3.04. The molecule has 1 aliphatic carbocycles. The molecule has 1 aliphatic rings. The van der Waals surface area contributed by atoms with Crippen LogP contribution in [0.25, 0.3) is 0 Å². The highest BCUT2D eigenvalue weighted by Gasteiger charge is 2.27. The van der Waals surface area contributed by atoms with Crippen molar-refractivity contribution in [2.24, 2.45) is 5.92 Å². The van der Waals surface area contributed by atoms with E-state index in [1.165, 1.54) is 12.8 Å². The third-order valence-electron chi connectivity index (χ3n) is 1.66. The third-order valence-corrected chi connectivity index (χ3v) is 1.66. The Morgan fingerprint density at radius 2 is 2.38 bits per heavy atom. The molecule has 0 aromatic rings. The lowest BCUT2D eigenvalue weighted by molar-refractivity contribution is -0.110. The van der Waals surface area contributed by atoms with Gasteiger partial charge in [0, 0.05) is 6.04 Å². The van der Waals surface area contributed by atoms with Gasteiger partial charge in [-0.1, -0.05) is 0 Å². The summed E-state index contributed by atoms with van der Waals surface area (Å²) in [4.78, 5) is 9.84. The number of amides is 1. The van der Waals surface area contributed by atoms with Crippen LogP contribution in [0, 0.1) is 5.92 Å². The highest BCUT2D eigenvalue weighted by atomic mass is 16.1. The number of carbonyl (C=O) groups is 1. The average molecular weight is 113 g/mol. The predicted octanol–water partition coefficient (Wildman–Crippen LogP) is 0.531. The summed E-state index contributed by atoms with van der Waals surface area (Å²) in [6.45, 7) is 2.05. The fraction of sp³-hybridized carbons (Fsp3) is 0.833. The van der Waals surface area contributed by atoms with Gasteiger partial charge in [-0.25, -0.2) is 0 Å². The molecule has 0 radical (unpaired) electrons. The van der Waals surface area contributed by atoms with Gasteiger partial charge in [-0.3, -0.25) is 4.79 Å². The predicted molar refractivity (Wildman–Crippen MR) is 31.4 cm³/mol. The van der Waals surface area contributed by atoms with Crippen LogP contribution < -0.4 is 5.32 Å². The van der Waals surface area contributed by atoms with Crippen LogP contribution in [0.1, 0.15) is 19.8 Å². The number of carbonyl (C=O) groups excluding carboxylic acids is 1. The van der Waals surface area contributed by atoms with Crippen molar-refractivity contribution in [2.75, 3.05) is 0 Å². The zero-order chi connectivity index (χ0) is 5.98. The van der Waals surface area contributed by atoms with Gasteiger partial charge in [0.1, 0.15) is 0 Å². The van der Waals surface area contributed by atoms with Gasteiger partial charge in [0.15, 0.2) is 0 Å². The van der Waals surface area contributed by atoms with Crippen molar-refractivity contribution >= 4 is 6.41 Å². The van der Waals surface area contributed by atoms with Crippen LogP contribution in [-0.4, -0.2) is 12.5 Å². The highest BCUT2D eigenvalue weighted by molar-refractivity contribution is 5.46. The van der Waals surface area contributed by atoms with Gasteiger partial charge in [-0.15, -0.1) is 0 Å². The summed E-state index contributed by atoms with van der Waals surface area (Å²) >= 11 is 0. The third kappa shape index (κ3) is 1.22. The van der Waals surface area contributed by atoms with Gasteiger partial charge in [-0.2, -0.15) is 0 Å². The second kappa shape index (κ2) is 2.16. The molecule has 46 valence electrons. The first kappa shape index (κ1) is 5.60. The summed E-state index contributed by atoms with van der Waals surface area (Å²) in [6, 6.07) is 0.410. The van der Waals surface area contributed by atoms with E-state index in [0.717, 1.165) is 12.3 Å². The molecule has 0 spiro atoms. The van der Waals surface area contributed by atoms with E-state index in [4.69, 9.17) is 0 Å². The van der Waals surface area contributed by atoms with E-state index in [1.54, 1.807) is 0 Å². The summed E-state index contributed by atoms with van der Waals surface area (Å²) in [7, 11) is 0. The lowest BCUT2D eigenvalue weighted by Gasteiger charge is -2.05. The fourth-order valence-corrected chi connectivity index (χ4v) is 0.840. The Kier molecular flexibility index (Phi) is 1.51. The zero-order valence-electron chi connectivity index (χ0n) is 5.05. The van der Waals surface area contributed by atoms with E-state index >= 15 is 0 Å². The highest BCUT2D eigenvalue weighted by Crippen LogP contribution is 2.31. The molecule has 1 saturated carbocycles. The van der Waals surface area contributed by atoms with Crippen molar-refractivity contribution in [3.8, 4) is 0 Å². The SMILES string of the molecule is CC(NC=O)C1CC1. The van der Waals surface area contributed by atoms with Crippen LogP contribution in [0.3, 0.4) is 0 Å². The van der Waals surface area contributed by atoms with Crippen molar-refractivity contribution in [3.63, 3.8) is 0 Å². The molecule has 1 rings (SSSR count). The molecule has 0 heterocycles. The maximum atomic E-state index is 9.84. The first-order valence-electron chi connectivity index (χ1n) is 3.04. The van der Waals surface area contributed by atoms with Gasteiger partial charge in [-0.05, 0) is 25.7 Å². The number of hydrogen-bond acceptors (Lipinski definition) is 1. The minimum atomic E-state index is 0.410. The quantitative estimate of drug-likeness (QED) is 0.531. The van der Waals surface area contributed by atoms with E-state index in [9.17, 15) is 4.79 Å². The van der Waals surface area contributed by atoms with Crippen LogP contribution in [0.2, 0.25) is 0 Å². The summed E-state index contributed by atoms with van der Waals surface area (Å²) in [6.07, 6.45) is 3.37. The van der Waals surface area contributed by atoms with Crippen molar-refractivity contribution in [3.05, 3.63) is 0 Å². The molecule has 0 aliphatic heterocycles. The summed E-state index contributed by atoms with van der Waals surface area (Å²) in [5, 5.41) is 2.73. The Labute approximate surface area is 49.3 Å².